The van der Waals surface area contributed by atoms with Crippen LogP contribution in [0.2, 0.25) is 0 Å². The molecule has 4 aromatic rings. The molecule has 4 rings (SSSR count). The van der Waals surface area contributed by atoms with Crippen molar-refractivity contribution in [3.05, 3.63) is 83.9 Å². The molecule has 0 spiro atoms. The van der Waals surface area contributed by atoms with E-state index in [0.29, 0.717) is 22.3 Å². The first-order valence-electron chi connectivity index (χ1n) is 9.80. The number of amides is 1. The molecule has 0 bridgehead atoms. The predicted molar refractivity (Wildman–Crippen MR) is 122 cm³/mol. The van der Waals surface area contributed by atoms with Crippen LogP contribution in [0, 0.1) is 6.92 Å². The van der Waals surface area contributed by atoms with Gasteiger partial charge < -0.3 is 15.2 Å². The van der Waals surface area contributed by atoms with Crippen LogP contribution in [0.4, 0.5) is 5.69 Å². The minimum Gasteiger partial charge on any atom is -0.508 e. The summed E-state index contributed by atoms with van der Waals surface area (Å²) in [4.78, 5) is 13.4. The third-order valence-corrected chi connectivity index (χ3v) is 5.90. The van der Waals surface area contributed by atoms with Crippen molar-refractivity contribution in [2.24, 2.45) is 0 Å². The number of ether oxygens (including phenoxy) is 1. The van der Waals surface area contributed by atoms with E-state index in [1.165, 1.54) is 16.4 Å². The van der Waals surface area contributed by atoms with Gasteiger partial charge in [-0.05, 0) is 64.9 Å². The summed E-state index contributed by atoms with van der Waals surface area (Å²) < 4.78 is 6.93. The summed E-state index contributed by atoms with van der Waals surface area (Å²) in [6, 6.07) is 21.5. The molecule has 0 unspecified atom stereocenters. The van der Waals surface area contributed by atoms with Crippen LogP contribution in [-0.2, 0) is 4.79 Å². The average Bonchev–Trinajstić information content (AvgIpc) is 3.27. The Morgan fingerprint density at radius 3 is 2.56 bits per heavy atom. The highest BCUT2D eigenvalue weighted by atomic mass is 32.2. The van der Waals surface area contributed by atoms with Crippen LogP contribution in [0.15, 0.2) is 78.0 Å². The number of aromatic nitrogens is 4. The maximum absolute atomic E-state index is 13.4. The summed E-state index contributed by atoms with van der Waals surface area (Å²) in [7, 11) is 1.57. The number of tetrazole rings is 1. The van der Waals surface area contributed by atoms with Crippen molar-refractivity contribution >= 4 is 23.4 Å². The summed E-state index contributed by atoms with van der Waals surface area (Å²) in [5.41, 5.74) is 3.07. The number of hydrogen-bond donors (Lipinski definition) is 2. The third-order valence-electron chi connectivity index (χ3n) is 4.71. The van der Waals surface area contributed by atoms with Crippen LogP contribution in [0.25, 0.3) is 5.69 Å². The van der Waals surface area contributed by atoms with Crippen LogP contribution in [-0.4, -0.2) is 38.3 Å². The molecule has 0 saturated heterocycles. The van der Waals surface area contributed by atoms with E-state index in [9.17, 15) is 9.90 Å². The summed E-state index contributed by atoms with van der Waals surface area (Å²) in [6.07, 6.45) is 0. The van der Waals surface area contributed by atoms with E-state index >= 15 is 0 Å². The summed E-state index contributed by atoms with van der Waals surface area (Å²) in [5.74, 6) is 0.490. The lowest BCUT2D eigenvalue weighted by molar-refractivity contribution is -0.115. The fraction of sp³-hybridized carbons (Fsp3) is 0.130. The Morgan fingerprint density at radius 2 is 1.84 bits per heavy atom. The number of methoxy groups -OCH3 is 1. The molecule has 0 aliphatic heterocycles. The van der Waals surface area contributed by atoms with E-state index in [2.05, 4.69) is 20.8 Å². The standard InChI is InChI=1S/C23H21N5O3S/c1-15-8-13-20(31-2)19(14-15)24-22(30)21(16-6-4-3-5-7-16)32-23-25-26-27-28(23)17-9-11-18(29)12-10-17/h3-14,21,29H,1-2H3,(H,24,30)/t21-/m1/s1. The molecule has 0 aliphatic carbocycles. The number of aromatic hydroxyl groups is 1. The van der Waals surface area contributed by atoms with Gasteiger partial charge in [-0.1, -0.05) is 48.2 Å². The highest BCUT2D eigenvalue weighted by molar-refractivity contribution is 8.00. The van der Waals surface area contributed by atoms with E-state index in [0.717, 1.165) is 11.1 Å². The molecule has 0 fully saturated rings. The van der Waals surface area contributed by atoms with Crippen LogP contribution in [0.3, 0.4) is 0 Å². The number of phenols is 1. The van der Waals surface area contributed by atoms with Crippen molar-refractivity contribution in [1.29, 1.82) is 0 Å². The smallest absolute Gasteiger partial charge is 0.242 e. The summed E-state index contributed by atoms with van der Waals surface area (Å²) in [6.45, 7) is 1.95. The number of hydrogen-bond acceptors (Lipinski definition) is 7. The molecule has 1 atom stereocenters. The van der Waals surface area contributed by atoms with Crippen LogP contribution < -0.4 is 10.1 Å². The van der Waals surface area contributed by atoms with E-state index in [4.69, 9.17) is 4.74 Å². The lowest BCUT2D eigenvalue weighted by atomic mass is 10.1. The molecule has 0 saturated carbocycles. The van der Waals surface area contributed by atoms with Crippen molar-refractivity contribution in [2.75, 3.05) is 12.4 Å². The predicted octanol–water partition coefficient (Wildman–Crippen LogP) is 4.16. The number of carbonyl (C=O) groups excluding carboxylic acids is 1. The highest BCUT2D eigenvalue weighted by Gasteiger charge is 2.26. The lowest BCUT2D eigenvalue weighted by Crippen LogP contribution is -2.20. The largest absolute Gasteiger partial charge is 0.508 e. The number of nitrogens with one attached hydrogen (secondary N) is 1. The minimum absolute atomic E-state index is 0.143. The van der Waals surface area contributed by atoms with Crippen LogP contribution >= 0.6 is 11.8 Å². The van der Waals surface area contributed by atoms with Gasteiger partial charge in [0.05, 0.1) is 18.5 Å². The van der Waals surface area contributed by atoms with Gasteiger partial charge in [0.25, 0.3) is 0 Å². The maximum Gasteiger partial charge on any atom is 0.242 e. The van der Waals surface area contributed by atoms with Gasteiger partial charge in [-0.2, -0.15) is 4.68 Å². The third kappa shape index (κ3) is 4.73. The van der Waals surface area contributed by atoms with Gasteiger partial charge in [-0.25, -0.2) is 0 Å². The molecule has 32 heavy (non-hydrogen) atoms. The minimum atomic E-state index is -0.622. The summed E-state index contributed by atoms with van der Waals surface area (Å²) in [5, 5.41) is 24.3. The SMILES string of the molecule is COc1ccc(C)cc1NC(=O)[C@H](Sc1nnnn1-c1ccc(O)cc1)c1ccccc1. The number of benzene rings is 3. The molecule has 1 aromatic heterocycles. The van der Waals surface area contributed by atoms with Gasteiger partial charge in [0.1, 0.15) is 16.7 Å². The number of thioether (sulfide) groups is 1. The van der Waals surface area contributed by atoms with Gasteiger partial charge in [-0.15, -0.1) is 5.10 Å². The second kappa shape index (κ2) is 9.52. The Bertz CT molecular complexity index is 1210. The van der Waals surface area contributed by atoms with E-state index in [1.807, 2.05) is 55.5 Å². The summed E-state index contributed by atoms with van der Waals surface area (Å²) >= 11 is 1.23. The zero-order valence-electron chi connectivity index (χ0n) is 17.5. The lowest BCUT2D eigenvalue weighted by Gasteiger charge is -2.18. The monoisotopic (exact) mass is 447 g/mol. The van der Waals surface area contributed by atoms with Gasteiger partial charge >= 0.3 is 0 Å². The molecule has 0 radical (unpaired) electrons. The highest BCUT2D eigenvalue weighted by Crippen LogP contribution is 2.37. The Hall–Kier alpha value is -3.85. The van der Waals surface area contributed by atoms with Gasteiger partial charge in [-0.3, -0.25) is 4.79 Å². The number of carbonyl (C=O) groups is 1. The Kier molecular flexibility index (Phi) is 6.37. The zero-order chi connectivity index (χ0) is 22.5. The molecular formula is C23H21N5O3S. The van der Waals surface area contributed by atoms with Gasteiger partial charge in [0.15, 0.2) is 0 Å². The average molecular weight is 448 g/mol. The van der Waals surface area contributed by atoms with E-state index in [-0.39, 0.29) is 11.7 Å². The zero-order valence-corrected chi connectivity index (χ0v) is 18.3. The molecule has 1 amide bonds. The van der Waals surface area contributed by atoms with E-state index in [1.54, 1.807) is 31.4 Å². The number of phenolic OH excluding ortho intramolecular Hbond substituents is 1. The molecule has 1 heterocycles. The maximum atomic E-state index is 13.4. The fourth-order valence-corrected chi connectivity index (χ4v) is 4.13. The molecule has 162 valence electrons. The molecular weight excluding hydrogens is 426 g/mol. The number of rotatable bonds is 7. The van der Waals surface area contributed by atoms with Crippen molar-refractivity contribution in [1.82, 2.24) is 20.2 Å². The second-order valence-corrected chi connectivity index (χ2v) is 8.06. The van der Waals surface area contributed by atoms with Crippen molar-refractivity contribution in [3.8, 4) is 17.2 Å². The van der Waals surface area contributed by atoms with Gasteiger partial charge in [0, 0.05) is 0 Å². The normalized spacial score (nSPS) is 11.7. The van der Waals surface area contributed by atoms with Crippen molar-refractivity contribution in [3.63, 3.8) is 0 Å². The fourth-order valence-electron chi connectivity index (χ4n) is 3.13. The Balaban J connectivity index is 1.66. The molecule has 8 nitrogen and oxygen atoms in total. The first-order chi connectivity index (χ1) is 15.5. The topological polar surface area (TPSA) is 102 Å². The van der Waals surface area contributed by atoms with Crippen LogP contribution in [0.1, 0.15) is 16.4 Å². The number of anilines is 1. The Morgan fingerprint density at radius 1 is 1.09 bits per heavy atom. The quantitative estimate of drug-likeness (QED) is 0.410. The number of nitrogens with zero attached hydrogens (tertiary/aromatic N) is 4. The van der Waals surface area contributed by atoms with Crippen LogP contribution in [0.5, 0.6) is 11.5 Å². The molecule has 9 heteroatoms. The first-order valence-corrected chi connectivity index (χ1v) is 10.7. The first kappa shape index (κ1) is 21.4. The molecule has 0 aliphatic rings. The molecule has 3 aromatic carbocycles. The Labute approximate surface area is 189 Å². The van der Waals surface area contributed by atoms with E-state index < -0.39 is 5.25 Å². The van der Waals surface area contributed by atoms with Gasteiger partial charge in [0.2, 0.25) is 11.1 Å². The van der Waals surface area contributed by atoms with Crippen molar-refractivity contribution in [2.45, 2.75) is 17.3 Å². The van der Waals surface area contributed by atoms with Crippen molar-refractivity contribution < 1.29 is 14.6 Å². The molecule has 2 N–H and O–H groups in total. The number of aryl methyl sites for hydroxylation is 1. The second-order valence-electron chi connectivity index (χ2n) is 6.99.